The Morgan fingerprint density at radius 1 is 0.963 bits per heavy atom. The number of nitrogens with one attached hydrogen (secondary N) is 1. The summed E-state index contributed by atoms with van der Waals surface area (Å²) in [5.74, 6) is -0.857. The Balaban J connectivity index is 1.45. The first-order valence-electron chi connectivity index (χ1n) is 17.1. The monoisotopic (exact) mass is 757 g/mol. The Kier molecular flexibility index (Phi) is 14.0. The Morgan fingerprint density at radius 2 is 1.63 bits per heavy atom. The SMILES string of the molecule is C=C/C=C\C(=C/C)N1C(=O)/C(=C/c2cc(CC=C)c(OCc3ccccc3Cl)c(OC)c2)C(=O)N=C1SCC(=O)NC(c1ccccc1)c1ccccc1. The molecule has 0 radical (unpaired) electrons. The molecule has 0 saturated carbocycles. The van der Waals surface area contributed by atoms with Crippen molar-refractivity contribution in [2.75, 3.05) is 12.9 Å². The van der Waals surface area contributed by atoms with E-state index in [2.05, 4.69) is 23.5 Å². The van der Waals surface area contributed by atoms with Gasteiger partial charge in [-0.15, -0.1) is 6.58 Å². The minimum atomic E-state index is -0.739. The highest BCUT2D eigenvalue weighted by Gasteiger charge is 2.35. The minimum Gasteiger partial charge on any atom is -0.493 e. The Morgan fingerprint density at radius 3 is 2.24 bits per heavy atom. The molecule has 8 nitrogen and oxygen atoms in total. The predicted octanol–water partition coefficient (Wildman–Crippen LogP) is 9.05. The van der Waals surface area contributed by atoms with Crippen molar-refractivity contribution in [1.29, 1.82) is 0 Å². The largest absolute Gasteiger partial charge is 0.493 e. The number of benzene rings is 4. The minimum absolute atomic E-state index is 0.0725. The van der Waals surface area contributed by atoms with Crippen molar-refractivity contribution in [1.82, 2.24) is 10.2 Å². The van der Waals surface area contributed by atoms with Gasteiger partial charge in [0.2, 0.25) is 5.91 Å². The van der Waals surface area contributed by atoms with Crippen LogP contribution in [0.4, 0.5) is 0 Å². The Bertz CT molecular complexity index is 2100. The fraction of sp³-hybridized carbons (Fsp3) is 0.136. The molecule has 0 atom stereocenters. The summed E-state index contributed by atoms with van der Waals surface area (Å²) in [6.07, 6.45) is 10.3. The number of methoxy groups -OCH3 is 1. The first kappa shape index (κ1) is 39.3. The number of thioether (sulfide) groups is 1. The van der Waals surface area contributed by atoms with E-state index in [4.69, 9.17) is 21.1 Å². The maximum absolute atomic E-state index is 14.3. The van der Waals surface area contributed by atoms with E-state index in [1.165, 1.54) is 18.1 Å². The van der Waals surface area contributed by atoms with Crippen molar-refractivity contribution in [2.45, 2.75) is 26.0 Å². The molecule has 0 spiro atoms. The molecule has 0 bridgehead atoms. The van der Waals surface area contributed by atoms with Crippen molar-refractivity contribution < 1.29 is 23.9 Å². The summed E-state index contributed by atoms with van der Waals surface area (Å²) >= 11 is 7.36. The molecular weight excluding hydrogens is 718 g/mol. The van der Waals surface area contributed by atoms with Gasteiger partial charge in [0.15, 0.2) is 16.7 Å². The number of amidine groups is 1. The van der Waals surface area contributed by atoms with E-state index in [0.717, 1.165) is 34.0 Å². The lowest BCUT2D eigenvalue weighted by molar-refractivity contribution is -0.126. The van der Waals surface area contributed by atoms with Crippen molar-refractivity contribution in [3.63, 3.8) is 0 Å². The van der Waals surface area contributed by atoms with Gasteiger partial charge in [-0.2, -0.15) is 4.99 Å². The lowest BCUT2D eigenvalue weighted by Crippen LogP contribution is -2.42. The number of aliphatic imine (C=N–C) groups is 1. The molecule has 1 aliphatic heterocycles. The fourth-order valence-corrected chi connectivity index (χ4v) is 6.71. The smallest absolute Gasteiger partial charge is 0.285 e. The lowest BCUT2D eigenvalue weighted by Gasteiger charge is -2.28. The third-order valence-corrected chi connectivity index (χ3v) is 9.60. The van der Waals surface area contributed by atoms with Gasteiger partial charge in [0, 0.05) is 21.8 Å². The Hall–Kier alpha value is -5.90. The number of hydrogen-bond acceptors (Lipinski definition) is 6. The van der Waals surface area contributed by atoms with Gasteiger partial charge in [-0.25, -0.2) is 0 Å². The Labute approximate surface area is 325 Å². The number of allylic oxidation sites excluding steroid dienone is 5. The summed E-state index contributed by atoms with van der Waals surface area (Å²) in [5.41, 5.74) is 4.17. The normalized spacial score (nSPS) is 14.0. The highest BCUT2D eigenvalue weighted by molar-refractivity contribution is 8.14. The molecule has 274 valence electrons. The van der Waals surface area contributed by atoms with Crippen LogP contribution in [0.3, 0.4) is 0 Å². The molecular formula is C44H40ClN3O5S. The summed E-state index contributed by atoms with van der Waals surface area (Å²) in [5, 5.41) is 3.75. The molecule has 4 aromatic carbocycles. The van der Waals surface area contributed by atoms with Gasteiger partial charge in [-0.3, -0.25) is 19.3 Å². The van der Waals surface area contributed by atoms with E-state index < -0.39 is 17.9 Å². The van der Waals surface area contributed by atoms with Crippen molar-refractivity contribution in [2.24, 2.45) is 4.99 Å². The van der Waals surface area contributed by atoms with Gasteiger partial charge in [0.1, 0.15) is 12.2 Å². The molecule has 0 aliphatic carbocycles. The number of carbonyl (C=O) groups is 3. The fourth-order valence-electron chi connectivity index (χ4n) is 5.71. The molecule has 10 heteroatoms. The van der Waals surface area contributed by atoms with Crippen LogP contribution in [0, 0.1) is 0 Å². The summed E-state index contributed by atoms with van der Waals surface area (Å²) in [7, 11) is 1.51. The van der Waals surface area contributed by atoms with Gasteiger partial charge in [0.05, 0.1) is 18.9 Å². The molecule has 0 fully saturated rings. The van der Waals surface area contributed by atoms with Crippen molar-refractivity contribution >= 4 is 52.3 Å². The lowest BCUT2D eigenvalue weighted by atomic mass is 9.99. The molecule has 0 saturated heterocycles. The second kappa shape index (κ2) is 19.3. The molecule has 4 aromatic rings. The van der Waals surface area contributed by atoms with Crippen LogP contribution in [-0.2, 0) is 27.4 Å². The average Bonchev–Trinajstić information content (AvgIpc) is 3.19. The van der Waals surface area contributed by atoms with Gasteiger partial charge in [0.25, 0.3) is 11.8 Å². The zero-order valence-electron chi connectivity index (χ0n) is 30.0. The van der Waals surface area contributed by atoms with Crippen LogP contribution in [0.1, 0.15) is 40.8 Å². The zero-order valence-corrected chi connectivity index (χ0v) is 31.6. The molecule has 3 amide bonds. The molecule has 1 heterocycles. The van der Waals surface area contributed by atoms with Crippen LogP contribution in [0.25, 0.3) is 6.08 Å². The van der Waals surface area contributed by atoms with Gasteiger partial charge >= 0.3 is 0 Å². The number of ether oxygens (including phenoxy) is 2. The van der Waals surface area contributed by atoms with E-state index in [9.17, 15) is 14.4 Å². The van der Waals surface area contributed by atoms with Gasteiger partial charge < -0.3 is 14.8 Å². The number of nitrogens with zero attached hydrogens (tertiary/aromatic N) is 2. The van der Waals surface area contributed by atoms with Crippen LogP contribution in [0.2, 0.25) is 5.02 Å². The maximum Gasteiger partial charge on any atom is 0.285 e. The second-order valence-electron chi connectivity index (χ2n) is 11.9. The van der Waals surface area contributed by atoms with Crippen molar-refractivity contribution in [3.8, 4) is 11.5 Å². The van der Waals surface area contributed by atoms with E-state index in [1.54, 1.807) is 49.4 Å². The van der Waals surface area contributed by atoms with Crippen LogP contribution < -0.4 is 14.8 Å². The molecule has 1 aliphatic rings. The number of hydrogen-bond donors (Lipinski definition) is 1. The summed E-state index contributed by atoms with van der Waals surface area (Å²) in [4.78, 5) is 47.1. The zero-order chi connectivity index (χ0) is 38.5. The molecule has 0 unspecified atom stereocenters. The third-order valence-electron chi connectivity index (χ3n) is 8.29. The van der Waals surface area contributed by atoms with Crippen LogP contribution in [-0.4, -0.2) is 40.7 Å². The van der Waals surface area contributed by atoms with Crippen LogP contribution >= 0.6 is 23.4 Å². The van der Waals surface area contributed by atoms with E-state index in [0.29, 0.717) is 34.2 Å². The quantitative estimate of drug-likeness (QED) is 0.0563. The molecule has 0 aromatic heterocycles. The van der Waals surface area contributed by atoms with Crippen molar-refractivity contribution in [3.05, 3.63) is 185 Å². The molecule has 54 heavy (non-hydrogen) atoms. The number of carbonyl (C=O) groups excluding carboxylic acids is 3. The standard InChI is InChI=1S/C44H40ClN3O5S/c1-5-8-23-35(7-3)48-43(51)36(26-30-25-33(17-6-2)41(38(27-30)52-4)53-28-34-22-15-16-24-37(34)45)42(50)47-44(48)54-29-39(49)46-40(31-18-11-9-12-19-31)32-20-13-10-14-21-32/h5-16,18-27,40H,1-2,17,28-29H2,3-4H3,(H,46,49)/b23-8-,35-7+,36-26+. The number of amides is 3. The number of halogens is 1. The maximum atomic E-state index is 14.3. The average molecular weight is 758 g/mol. The number of rotatable bonds is 15. The highest BCUT2D eigenvalue weighted by Crippen LogP contribution is 2.36. The van der Waals surface area contributed by atoms with E-state index in [-0.39, 0.29) is 29.0 Å². The highest BCUT2D eigenvalue weighted by atomic mass is 35.5. The summed E-state index contributed by atoms with van der Waals surface area (Å²) in [6.45, 7) is 9.59. The summed E-state index contributed by atoms with van der Waals surface area (Å²) in [6, 6.07) is 29.8. The second-order valence-corrected chi connectivity index (χ2v) is 13.3. The topological polar surface area (TPSA) is 97.3 Å². The third kappa shape index (κ3) is 9.74. The first-order chi connectivity index (χ1) is 26.3. The predicted molar refractivity (Wildman–Crippen MR) is 218 cm³/mol. The van der Waals surface area contributed by atoms with Crippen LogP contribution in [0.15, 0.2) is 157 Å². The first-order valence-corrected chi connectivity index (χ1v) is 18.5. The van der Waals surface area contributed by atoms with E-state index >= 15 is 0 Å². The summed E-state index contributed by atoms with van der Waals surface area (Å²) < 4.78 is 11.9. The molecule has 1 N–H and O–H groups in total. The van der Waals surface area contributed by atoms with Gasteiger partial charge in [-0.05, 0) is 60.4 Å². The van der Waals surface area contributed by atoms with Crippen LogP contribution in [0.5, 0.6) is 11.5 Å². The van der Waals surface area contributed by atoms with Gasteiger partial charge in [-0.1, -0.05) is 133 Å². The van der Waals surface area contributed by atoms with E-state index in [1.807, 2.05) is 84.9 Å². The molecule has 5 rings (SSSR count).